The molecule has 1 aromatic carbocycles. The first kappa shape index (κ1) is 10.5. The lowest BCUT2D eigenvalue weighted by Gasteiger charge is -2.13. The Morgan fingerprint density at radius 3 is 2.76 bits per heavy atom. The van der Waals surface area contributed by atoms with Crippen molar-refractivity contribution in [2.24, 2.45) is 0 Å². The summed E-state index contributed by atoms with van der Waals surface area (Å²) in [5, 5.41) is 0.684. The van der Waals surface area contributed by atoms with E-state index >= 15 is 0 Å². The number of hydrogen-bond donors (Lipinski definition) is 0. The maximum Gasteiger partial charge on any atom is 0.197 e. The number of fused-ring (bicyclic) bond motifs is 1. The van der Waals surface area contributed by atoms with Crippen LogP contribution in [0.2, 0.25) is 0 Å². The highest BCUT2D eigenvalue weighted by Gasteiger charge is 2.14. The fourth-order valence-corrected chi connectivity index (χ4v) is 2.41. The summed E-state index contributed by atoms with van der Waals surface area (Å²) >= 11 is 0. The molecule has 3 nitrogen and oxygen atoms in total. The Labute approximate surface area is 99.7 Å². The maximum atomic E-state index is 12.2. The van der Waals surface area contributed by atoms with E-state index in [1.807, 2.05) is 24.3 Å². The van der Waals surface area contributed by atoms with E-state index in [1.165, 1.54) is 12.8 Å². The molecule has 1 aliphatic rings. The van der Waals surface area contributed by atoms with Gasteiger partial charge in [-0.05, 0) is 38.1 Å². The van der Waals surface area contributed by atoms with Gasteiger partial charge < -0.3 is 4.42 Å². The van der Waals surface area contributed by atoms with Gasteiger partial charge in [0.1, 0.15) is 5.58 Å². The minimum atomic E-state index is 0.110. The molecule has 3 rings (SSSR count). The Morgan fingerprint density at radius 2 is 1.94 bits per heavy atom. The average Bonchev–Trinajstić information content (AvgIpc) is 2.86. The maximum absolute atomic E-state index is 12.2. The highest BCUT2D eigenvalue weighted by molar-refractivity contribution is 5.76. The van der Waals surface area contributed by atoms with Gasteiger partial charge in [0.05, 0.1) is 11.6 Å². The molecule has 0 radical (unpaired) electrons. The van der Waals surface area contributed by atoms with Gasteiger partial charge >= 0.3 is 0 Å². The SMILES string of the molecule is O=c1c(CN2CCCC2)coc2ccccc12. The molecule has 1 fully saturated rings. The van der Waals surface area contributed by atoms with Crippen molar-refractivity contribution in [3.8, 4) is 0 Å². The van der Waals surface area contributed by atoms with Crippen LogP contribution in [0.5, 0.6) is 0 Å². The second-order valence-electron chi connectivity index (χ2n) is 4.57. The van der Waals surface area contributed by atoms with Gasteiger partial charge in [0.25, 0.3) is 0 Å². The summed E-state index contributed by atoms with van der Waals surface area (Å²) in [5.74, 6) is 0. The van der Waals surface area contributed by atoms with Crippen molar-refractivity contribution >= 4 is 11.0 Å². The number of nitrogens with zero attached hydrogens (tertiary/aromatic N) is 1. The smallest absolute Gasteiger partial charge is 0.197 e. The van der Waals surface area contributed by atoms with E-state index in [0.717, 1.165) is 18.7 Å². The lowest BCUT2D eigenvalue weighted by molar-refractivity contribution is 0.327. The van der Waals surface area contributed by atoms with E-state index in [1.54, 1.807) is 6.26 Å². The molecule has 2 aromatic rings. The summed E-state index contributed by atoms with van der Waals surface area (Å²) in [7, 11) is 0. The van der Waals surface area contributed by atoms with E-state index in [0.29, 0.717) is 17.5 Å². The molecule has 0 atom stereocenters. The Balaban J connectivity index is 1.99. The molecule has 0 unspecified atom stereocenters. The van der Waals surface area contributed by atoms with Gasteiger partial charge in [0.2, 0.25) is 0 Å². The average molecular weight is 229 g/mol. The van der Waals surface area contributed by atoms with Gasteiger partial charge in [-0.15, -0.1) is 0 Å². The molecule has 0 aliphatic carbocycles. The molecular weight excluding hydrogens is 214 g/mol. The van der Waals surface area contributed by atoms with Crippen LogP contribution in [0.25, 0.3) is 11.0 Å². The highest BCUT2D eigenvalue weighted by Crippen LogP contribution is 2.14. The Morgan fingerprint density at radius 1 is 1.18 bits per heavy atom. The van der Waals surface area contributed by atoms with Gasteiger partial charge in [0.15, 0.2) is 5.43 Å². The minimum absolute atomic E-state index is 0.110. The fourth-order valence-electron chi connectivity index (χ4n) is 2.41. The van der Waals surface area contributed by atoms with Crippen molar-refractivity contribution in [3.05, 3.63) is 46.3 Å². The van der Waals surface area contributed by atoms with E-state index in [2.05, 4.69) is 4.90 Å². The third kappa shape index (κ3) is 1.98. The predicted octanol–water partition coefficient (Wildman–Crippen LogP) is 2.39. The third-order valence-electron chi connectivity index (χ3n) is 3.34. The summed E-state index contributed by atoms with van der Waals surface area (Å²) in [5.41, 5.74) is 1.55. The van der Waals surface area contributed by atoms with Gasteiger partial charge in [-0.3, -0.25) is 9.69 Å². The minimum Gasteiger partial charge on any atom is -0.464 e. The monoisotopic (exact) mass is 229 g/mol. The molecule has 3 heteroatoms. The molecule has 0 N–H and O–H groups in total. The van der Waals surface area contributed by atoms with Gasteiger partial charge in [-0.25, -0.2) is 0 Å². The number of rotatable bonds is 2. The Hall–Kier alpha value is -1.61. The summed E-state index contributed by atoms with van der Waals surface area (Å²) in [6, 6.07) is 7.41. The van der Waals surface area contributed by atoms with Crippen molar-refractivity contribution < 1.29 is 4.42 Å². The van der Waals surface area contributed by atoms with E-state index in [4.69, 9.17) is 4.42 Å². The number of benzene rings is 1. The van der Waals surface area contributed by atoms with Crippen LogP contribution in [0.3, 0.4) is 0 Å². The zero-order chi connectivity index (χ0) is 11.7. The largest absolute Gasteiger partial charge is 0.464 e. The topological polar surface area (TPSA) is 33.5 Å². The first-order chi connectivity index (χ1) is 8.34. The summed E-state index contributed by atoms with van der Waals surface area (Å²) in [6.07, 6.45) is 4.08. The van der Waals surface area contributed by atoms with Crippen molar-refractivity contribution in [2.75, 3.05) is 13.1 Å². The number of para-hydroxylation sites is 1. The van der Waals surface area contributed by atoms with Crippen LogP contribution in [-0.4, -0.2) is 18.0 Å². The molecule has 0 bridgehead atoms. The molecule has 0 saturated carbocycles. The summed E-state index contributed by atoms with van der Waals surface area (Å²) in [6.45, 7) is 2.89. The lowest BCUT2D eigenvalue weighted by atomic mass is 10.1. The van der Waals surface area contributed by atoms with Crippen molar-refractivity contribution in [1.29, 1.82) is 0 Å². The van der Waals surface area contributed by atoms with Crippen LogP contribution in [0.4, 0.5) is 0 Å². The molecule has 1 saturated heterocycles. The van der Waals surface area contributed by atoms with Crippen molar-refractivity contribution in [1.82, 2.24) is 4.90 Å². The second-order valence-corrected chi connectivity index (χ2v) is 4.57. The summed E-state index contributed by atoms with van der Waals surface area (Å²) in [4.78, 5) is 14.5. The molecule has 0 spiro atoms. The first-order valence-electron chi connectivity index (χ1n) is 6.06. The van der Waals surface area contributed by atoms with Gasteiger partial charge in [0, 0.05) is 12.1 Å². The first-order valence-corrected chi connectivity index (χ1v) is 6.06. The van der Waals surface area contributed by atoms with E-state index in [9.17, 15) is 4.79 Å². The highest BCUT2D eigenvalue weighted by atomic mass is 16.3. The second kappa shape index (κ2) is 4.34. The van der Waals surface area contributed by atoms with Gasteiger partial charge in [-0.1, -0.05) is 12.1 Å². The lowest BCUT2D eigenvalue weighted by Crippen LogP contribution is -2.22. The standard InChI is InChI=1S/C14H15NO2/c16-14-11(9-15-7-3-4-8-15)10-17-13-6-2-1-5-12(13)14/h1-2,5-6,10H,3-4,7-9H2. The third-order valence-corrected chi connectivity index (χ3v) is 3.34. The van der Waals surface area contributed by atoms with Crippen LogP contribution in [-0.2, 0) is 6.54 Å². The van der Waals surface area contributed by atoms with E-state index < -0.39 is 0 Å². The summed E-state index contributed by atoms with van der Waals surface area (Å²) < 4.78 is 5.51. The van der Waals surface area contributed by atoms with E-state index in [-0.39, 0.29) is 5.43 Å². The van der Waals surface area contributed by atoms with Crippen LogP contribution in [0.15, 0.2) is 39.7 Å². The van der Waals surface area contributed by atoms with Crippen LogP contribution >= 0.6 is 0 Å². The van der Waals surface area contributed by atoms with Crippen LogP contribution in [0, 0.1) is 0 Å². The molecule has 2 heterocycles. The molecule has 1 aromatic heterocycles. The zero-order valence-corrected chi connectivity index (χ0v) is 9.69. The normalized spacial score (nSPS) is 16.7. The molecular formula is C14H15NO2. The molecule has 88 valence electrons. The Kier molecular flexibility index (Phi) is 2.69. The molecule has 1 aliphatic heterocycles. The van der Waals surface area contributed by atoms with Gasteiger partial charge in [-0.2, -0.15) is 0 Å². The fraction of sp³-hybridized carbons (Fsp3) is 0.357. The van der Waals surface area contributed by atoms with Crippen LogP contribution < -0.4 is 5.43 Å². The van der Waals surface area contributed by atoms with Crippen LogP contribution in [0.1, 0.15) is 18.4 Å². The number of hydrogen-bond acceptors (Lipinski definition) is 3. The molecule has 17 heavy (non-hydrogen) atoms. The predicted molar refractivity (Wildman–Crippen MR) is 67.0 cm³/mol. The quantitative estimate of drug-likeness (QED) is 0.792. The van der Waals surface area contributed by atoms with Crippen molar-refractivity contribution in [2.45, 2.75) is 19.4 Å². The Bertz CT molecular complexity index is 582. The van der Waals surface area contributed by atoms with Crippen molar-refractivity contribution in [3.63, 3.8) is 0 Å². The molecule has 0 amide bonds. The zero-order valence-electron chi connectivity index (χ0n) is 9.69. The number of likely N-dealkylation sites (tertiary alicyclic amines) is 1.